The van der Waals surface area contributed by atoms with E-state index in [1.807, 2.05) is 12.1 Å². The zero-order valence-corrected chi connectivity index (χ0v) is 10.4. The van der Waals surface area contributed by atoms with Crippen molar-refractivity contribution in [1.29, 1.82) is 0 Å². The molecule has 1 aromatic carbocycles. The molecule has 0 aliphatic rings. The summed E-state index contributed by atoms with van der Waals surface area (Å²) in [7, 11) is 1.63. The van der Waals surface area contributed by atoms with E-state index in [0.29, 0.717) is 6.54 Å². The van der Waals surface area contributed by atoms with Crippen molar-refractivity contribution in [3.8, 4) is 0 Å². The fraction of sp³-hybridized carbons (Fsp3) is 0.462. The molecule has 1 rings (SSSR count). The number of anilines is 1. The Morgan fingerprint density at radius 2 is 1.75 bits per heavy atom. The molecule has 1 amide bonds. The van der Waals surface area contributed by atoms with Crippen molar-refractivity contribution in [3.05, 3.63) is 29.8 Å². The molecule has 3 nitrogen and oxygen atoms in total. The number of amides is 1. The Labute approximate surface area is 97.2 Å². The van der Waals surface area contributed by atoms with Crippen molar-refractivity contribution in [2.75, 3.05) is 18.9 Å². The number of rotatable bonds is 3. The molecule has 88 valence electrons. The Balaban J connectivity index is 2.62. The average molecular weight is 220 g/mol. The average Bonchev–Trinajstić information content (AvgIpc) is 2.25. The first-order chi connectivity index (χ1) is 7.43. The van der Waals surface area contributed by atoms with Gasteiger partial charge in [-0.25, -0.2) is 0 Å². The van der Waals surface area contributed by atoms with Crippen molar-refractivity contribution < 1.29 is 4.79 Å². The summed E-state index contributed by atoms with van der Waals surface area (Å²) in [5.41, 5.74) is 2.42. The molecule has 0 saturated heterocycles. The highest BCUT2D eigenvalue weighted by Gasteiger charge is 2.12. The van der Waals surface area contributed by atoms with Crippen LogP contribution in [-0.2, 0) is 10.2 Å². The van der Waals surface area contributed by atoms with E-state index in [4.69, 9.17) is 0 Å². The van der Waals surface area contributed by atoms with E-state index in [9.17, 15) is 4.79 Å². The third-order valence-electron chi connectivity index (χ3n) is 2.48. The van der Waals surface area contributed by atoms with Crippen molar-refractivity contribution in [1.82, 2.24) is 5.32 Å². The molecule has 2 N–H and O–H groups in total. The van der Waals surface area contributed by atoms with Gasteiger partial charge >= 0.3 is 0 Å². The van der Waals surface area contributed by atoms with Crippen molar-refractivity contribution in [3.63, 3.8) is 0 Å². The van der Waals surface area contributed by atoms with Gasteiger partial charge in [-0.3, -0.25) is 4.79 Å². The minimum atomic E-state index is -0.0140. The fourth-order valence-corrected chi connectivity index (χ4v) is 1.36. The van der Waals surface area contributed by atoms with Gasteiger partial charge in [-0.1, -0.05) is 32.9 Å². The highest BCUT2D eigenvalue weighted by molar-refractivity contribution is 5.80. The van der Waals surface area contributed by atoms with Crippen LogP contribution in [0.2, 0.25) is 0 Å². The van der Waals surface area contributed by atoms with E-state index in [2.05, 4.69) is 43.5 Å². The summed E-state index contributed by atoms with van der Waals surface area (Å²) in [4.78, 5) is 11.0. The second-order valence-electron chi connectivity index (χ2n) is 4.85. The first-order valence-corrected chi connectivity index (χ1v) is 5.48. The number of nitrogens with one attached hydrogen (secondary N) is 2. The van der Waals surface area contributed by atoms with E-state index in [1.165, 1.54) is 5.56 Å². The summed E-state index contributed by atoms with van der Waals surface area (Å²) in [6.45, 7) is 6.85. The summed E-state index contributed by atoms with van der Waals surface area (Å²) in [6, 6.07) is 8.19. The predicted octanol–water partition coefficient (Wildman–Crippen LogP) is 2.14. The van der Waals surface area contributed by atoms with E-state index < -0.39 is 0 Å². The van der Waals surface area contributed by atoms with Crippen LogP contribution in [0.1, 0.15) is 26.3 Å². The zero-order chi connectivity index (χ0) is 12.2. The van der Waals surface area contributed by atoms with E-state index in [0.717, 1.165) is 5.69 Å². The molecule has 0 unspecified atom stereocenters. The summed E-state index contributed by atoms with van der Waals surface area (Å²) in [6.07, 6.45) is 0. The molecule has 0 aliphatic heterocycles. The number of hydrogen-bond acceptors (Lipinski definition) is 2. The number of benzene rings is 1. The highest BCUT2D eigenvalue weighted by atomic mass is 16.1. The topological polar surface area (TPSA) is 41.1 Å². The minimum Gasteiger partial charge on any atom is -0.376 e. The van der Waals surface area contributed by atoms with Crippen LogP contribution < -0.4 is 10.6 Å². The Morgan fingerprint density at radius 1 is 1.19 bits per heavy atom. The van der Waals surface area contributed by atoms with Gasteiger partial charge in [0.15, 0.2) is 0 Å². The second kappa shape index (κ2) is 5.01. The van der Waals surface area contributed by atoms with Crippen LogP contribution in [0, 0.1) is 0 Å². The quantitative estimate of drug-likeness (QED) is 0.819. The lowest BCUT2D eigenvalue weighted by molar-refractivity contribution is -0.118. The van der Waals surface area contributed by atoms with E-state index >= 15 is 0 Å². The third kappa shape index (κ3) is 3.57. The summed E-state index contributed by atoms with van der Waals surface area (Å²) in [5.74, 6) is -0.0140. The van der Waals surface area contributed by atoms with Gasteiger partial charge < -0.3 is 10.6 Å². The Hall–Kier alpha value is -1.51. The fourth-order valence-electron chi connectivity index (χ4n) is 1.36. The molecule has 0 aromatic heterocycles. The van der Waals surface area contributed by atoms with Gasteiger partial charge in [0, 0.05) is 12.7 Å². The number of carbonyl (C=O) groups excluding carboxylic acids is 1. The summed E-state index contributed by atoms with van der Waals surface area (Å²) >= 11 is 0. The first-order valence-electron chi connectivity index (χ1n) is 5.48. The third-order valence-corrected chi connectivity index (χ3v) is 2.48. The van der Waals surface area contributed by atoms with Crippen molar-refractivity contribution in [2.45, 2.75) is 26.2 Å². The largest absolute Gasteiger partial charge is 0.376 e. The van der Waals surface area contributed by atoms with Gasteiger partial charge in [-0.2, -0.15) is 0 Å². The Kier molecular flexibility index (Phi) is 3.93. The molecule has 0 radical (unpaired) electrons. The monoisotopic (exact) mass is 220 g/mol. The SMILES string of the molecule is CNC(=O)CNc1ccc(C(C)(C)C)cc1. The molecule has 16 heavy (non-hydrogen) atoms. The van der Waals surface area contributed by atoms with Gasteiger partial charge in [-0.15, -0.1) is 0 Å². The molecule has 0 atom stereocenters. The second-order valence-corrected chi connectivity index (χ2v) is 4.85. The first kappa shape index (κ1) is 12.6. The molecule has 0 saturated carbocycles. The lowest BCUT2D eigenvalue weighted by atomic mass is 9.87. The van der Waals surface area contributed by atoms with E-state index in [-0.39, 0.29) is 11.3 Å². The molecular weight excluding hydrogens is 200 g/mol. The maximum absolute atomic E-state index is 11.0. The minimum absolute atomic E-state index is 0.0140. The van der Waals surface area contributed by atoms with Crippen LogP contribution >= 0.6 is 0 Å². The van der Waals surface area contributed by atoms with Gasteiger partial charge in [0.25, 0.3) is 0 Å². The standard InChI is InChI=1S/C13H20N2O/c1-13(2,3)10-5-7-11(8-6-10)15-9-12(16)14-4/h5-8,15H,9H2,1-4H3,(H,14,16). The lowest BCUT2D eigenvalue weighted by Gasteiger charge is -2.19. The van der Waals surface area contributed by atoms with Gasteiger partial charge in [0.1, 0.15) is 0 Å². The van der Waals surface area contributed by atoms with Crippen LogP contribution in [0.15, 0.2) is 24.3 Å². The summed E-state index contributed by atoms with van der Waals surface area (Å²) < 4.78 is 0. The van der Waals surface area contributed by atoms with Crippen LogP contribution in [0.5, 0.6) is 0 Å². The van der Waals surface area contributed by atoms with Gasteiger partial charge in [-0.05, 0) is 23.1 Å². The van der Waals surface area contributed by atoms with Gasteiger partial charge in [0.2, 0.25) is 5.91 Å². The smallest absolute Gasteiger partial charge is 0.239 e. The van der Waals surface area contributed by atoms with Crippen LogP contribution in [0.4, 0.5) is 5.69 Å². The normalized spacial score (nSPS) is 11.0. The molecule has 0 spiro atoms. The lowest BCUT2D eigenvalue weighted by Crippen LogP contribution is -2.26. The van der Waals surface area contributed by atoms with Crippen LogP contribution in [-0.4, -0.2) is 19.5 Å². The molecule has 0 heterocycles. The molecule has 3 heteroatoms. The predicted molar refractivity (Wildman–Crippen MR) is 67.7 cm³/mol. The number of carbonyl (C=O) groups is 1. The molecule has 0 bridgehead atoms. The Bertz CT molecular complexity index is 349. The van der Waals surface area contributed by atoms with Crippen LogP contribution in [0.25, 0.3) is 0 Å². The molecule has 0 fully saturated rings. The van der Waals surface area contributed by atoms with E-state index in [1.54, 1.807) is 7.05 Å². The van der Waals surface area contributed by atoms with Crippen molar-refractivity contribution in [2.24, 2.45) is 0 Å². The number of hydrogen-bond donors (Lipinski definition) is 2. The molecule has 1 aromatic rings. The van der Waals surface area contributed by atoms with Gasteiger partial charge in [0.05, 0.1) is 6.54 Å². The number of likely N-dealkylation sites (N-methyl/N-ethyl adjacent to an activating group) is 1. The molecule has 0 aliphatic carbocycles. The van der Waals surface area contributed by atoms with Crippen LogP contribution in [0.3, 0.4) is 0 Å². The summed E-state index contributed by atoms with van der Waals surface area (Å²) in [5, 5.41) is 5.63. The highest BCUT2D eigenvalue weighted by Crippen LogP contribution is 2.23. The van der Waals surface area contributed by atoms with Crippen molar-refractivity contribution >= 4 is 11.6 Å². The molecular formula is C13H20N2O. The zero-order valence-electron chi connectivity index (χ0n) is 10.4. The maximum atomic E-state index is 11.0. The maximum Gasteiger partial charge on any atom is 0.239 e. The Morgan fingerprint density at radius 3 is 2.19 bits per heavy atom.